The van der Waals surface area contributed by atoms with Crippen molar-refractivity contribution in [2.24, 2.45) is 0 Å². The summed E-state index contributed by atoms with van der Waals surface area (Å²) in [5.74, 6) is 0.264. The average molecular weight is 349 g/mol. The first-order chi connectivity index (χ1) is 11.5. The van der Waals surface area contributed by atoms with E-state index >= 15 is 0 Å². The zero-order valence-electron chi connectivity index (χ0n) is 15.1. The fourth-order valence-electron chi connectivity index (χ4n) is 3.47. The van der Waals surface area contributed by atoms with Crippen LogP contribution in [0.15, 0.2) is 18.5 Å². The van der Waals surface area contributed by atoms with Crippen LogP contribution in [0.5, 0.6) is 0 Å². The molecular formula is C19H29FN2OSi. The van der Waals surface area contributed by atoms with Crippen LogP contribution >= 0.6 is 0 Å². The lowest BCUT2D eigenvalue weighted by atomic mass is 9.84. The van der Waals surface area contributed by atoms with Crippen molar-refractivity contribution in [3.63, 3.8) is 0 Å². The lowest BCUT2D eigenvalue weighted by molar-refractivity contribution is 0.0899. The first kappa shape index (κ1) is 17.6. The Morgan fingerprint density at radius 2 is 2.00 bits per heavy atom. The van der Waals surface area contributed by atoms with E-state index in [9.17, 15) is 4.39 Å². The van der Waals surface area contributed by atoms with Gasteiger partial charge >= 0.3 is 0 Å². The van der Waals surface area contributed by atoms with Crippen LogP contribution in [0.3, 0.4) is 0 Å². The molecule has 0 bridgehead atoms. The molecule has 24 heavy (non-hydrogen) atoms. The predicted octanol–water partition coefficient (Wildman–Crippen LogP) is 5.54. The van der Waals surface area contributed by atoms with Gasteiger partial charge in [-0.3, -0.25) is 0 Å². The number of rotatable bonds is 6. The minimum Gasteiger partial charge on any atom is -0.361 e. The minimum atomic E-state index is -1.08. The van der Waals surface area contributed by atoms with Gasteiger partial charge in [0.1, 0.15) is 18.2 Å². The maximum absolute atomic E-state index is 14.9. The van der Waals surface area contributed by atoms with Gasteiger partial charge in [0.2, 0.25) is 0 Å². The van der Waals surface area contributed by atoms with E-state index in [-0.39, 0.29) is 5.82 Å². The number of ether oxygens (including phenoxy) is 1. The van der Waals surface area contributed by atoms with Gasteiger partial charge in [0.25, 0.3) is 0 Å². The van der Waals surface area contributed by atoms with Crippen molar-refractivity contribution in [3.05, 3.63) is 29.8 Å². The van der Waals surface area contributed by atoms with Crippen molar-refractivity contribution in [2.45, 2.75) is 70.4 Å². The normalized spacial score (nSPS) is 16.8. The van der Waals surface area contributed by atoms with Crippen LogP contribution in [0.4, 0.5) is 4.39 Å². The van der Waals surface area contributed by atoms with Crippen molar-refractivity contribution in [1.82, 2.24) is 9.55 Å². The Hall–Kier alpha value is -1.20. The zero-order chi connectivity index (χ0) is 17.2. The quantitative estimate of drug-likeness (QED) is 0.506. The molecule has 0 amide bonds. The summed E-state index contributed by atoms with van der Waals surface area (Å²) in [7, 11) is -1.08. The van der Waals surface area contributed by atoms with Crippen molar-refractivity contribution in [3.8, 4) is 0 Å². The fraction of sp³-hybridized carbons (Fsp3) is 0.632. The maximum Gasteiger partial charge on any atom is 0.144 e. The molecule has 3 rings (SSSR count). The van der Waals surface area contributed by atoms with E-state index in [1.807, 2.05) is 16.8 Å². The average Bonchev–Trinajstić information content (AvgIpc) is 2.96. The molecule has 0 aromatic carbocycles. The Balaban J connectivity index is 1.72. The lowest BCUT2D eigenvalue weighted by Gasteiger charge is -2.22. The number of pyridine rings is 1. The van der Waals surface area contributed by atoms with Gasteiger partial charge in [-0.05, 0) is 30.9 Å². The van der Waals surface area contributed by atoms with Crippen LogP contribution in [0.2, 0.25) is 25.7 Å². The van der Waals surface area contributed by atoms with E-state index in [2.05, 4.69) is 24.6 Å². The first-order valence-corrected chi connectivity index (χ1v) is 12.9. The van der Waals surface area contributed by atoms with Crippen LogP contribution in [-0.4, -0.2) is 24.2 Å². The summed E-state index contributed by atoms with van der Waals surface area (Å²) in [6, 6.07) is 2.98. The highest BCUT2D eigenvalue weighted by Gasteiger charge is 2.21. The second-order valence-corrected chi connectivity index (χ2v) is 13.9. The number of halogens is 1. The van der Waals surface area contributed by atoms with Gasteiger partial charge in [-0.25, -0.2) is 9.37 Å². The Labute approximate surface area is 145 Å². The van der Waals surface area contributed by atoms with Gasteiger partial charge in [-0.2, -0.15) is 0 Å². The standard InChI is InChI=1S/C19H29FN2OSi/c1-24(2,3)12-11-23-14-22-10-9-16-18(20)17(13-21-19(16)22)15-7-5-4-6-8-15/h9-10,13,15H,4-8,11-12,14H2,1-3H3. The van der Waals surface area contributed by atoms with E-state index in [0.717, 1.165) is 31.1 Å². The van der Waals surface area contributed by atoms with Crippen LogP contribution in [0, 0.1) is 5.82 Å². The molecule has 132 valence electrons. The molecule has 0 atom stereocenters. The lowest BCUT2D eigenvalue weighted by Crippen LogP contribution is -2.22. The van der Waals surface area contributed by atoms with Crippen molar-refractivity contribution in [1.29, 1.82) is 0 Å². The third kappa shape index (κ3) is 4.06. The Kier molecular flexibility index (Phi) is 5.40. The fourth-order valence-corrected chi connectivity index (χ4v) is 4.22. The molecule has 1 saturated carbocycles. The Morgan fingerprint density at radius 1 is 1.25 bits per heavy atom. The molecular weight excluding hydrogens is 319 g/mol. The molecule has 2 aromatic heterocycles. The van der Waals surface area contributed by atoms with Gasteiger partial charge in [0, 0.05) is 32.6 Å². The van der Waals surface area contributed by atoms with E-state index in [4.69, 9.17) is 4.74 Å². The zero-order valence-corrected chi connectivity index (χ0v) is 16.1. The molecule has 0 aliphatic heterocycles. The summed E-state index contributed by atoms with van der Waals surface area (Å²) >= 11 is 0. The SMILES string of the molecule is C[Si](C)(C)CCOCn1ccc2c(F)c(C3CCCCC3)cnc21. The van der Waals surface area contributed by atoms with Gasteiger partial charge in [-0.1, -0.05) is 38.9 Å². The van der Waals surface area contributed by atoms with Gasteiger partial charge in [-0.15, -0.1) is 0 Å². The monoisotopic (exact) mass is 348 g/mol. The largest absolute Gasteiger partial charge is 0.361 e. The summed E-state index contributed by atoms with van der Waals surface area (Å²) < 4.78 is 22.6. The highest BCUT2D eigenvalue weighted by molar-refractivity contribution is 6.76. The number of hydrogen-bond donors (Lipinski definition) is 0. The van der Waals surface area contributed by atoms with E-state index < -0.39 is 8.07 Å². The molecule has 1 aliphatic carbocycles. The number of aromatic nitrogens is 2. The summed E-state index contributed by atoms with van der Waals surface area (Å²) in [6.45, 7) is 8.22. The molecule has 1 aliphatic rings. The third-order valence-corrected chi connectivity index (χ3v) is 6.73. The summed E-state index contributed by atoms with van der Waals surface area (Å²) in [5, 5.41) is 0.631. The van der Waals surface area contributed by atoms with Crippen LogP contribution in [-0.2, 0) is 11.5 Å². The van der Waals surface area contributed by atoms with Gasteiger partial charge in [0.15, 0.2) is 0 Å². The molecule has 0 saturated heterocycles. The van der Waals surface area contributed by atoms with Gasteiger partial charge in [0.05, 0.1) is 5.39 Å². The summed E-state index contributed by atoms with van der Waals surface area (Å²) in [4.78, 5) is 4.56. The molecule has 3 nitrogen and oxygen atoms in total. The molecule has 1 fully saturated rings. The molecule has 0 radical (unpaired) electrons. The third-order valence-electron chi connectivity index (χ3n) is 5.02. The molecule has 0 spiro atoms. The molecule has 2 aromatic rings. The summed E-state index contributed by atoms with van der Waals surface area (Å²) in [5.41, 5.74) is 1.50. The van der Waals surface area contributed by atoms with Crippen molar-refractivity contribution < 1.29 is 9.13 Å². The maximum atomic E-state index is 14.9. The van der Waals surface area contributed by atoms with E-state index in [0.29, 0.717) is 23.7 Å². The molecule has 0 unspecified atom stereocenters. The van der Waals surface area contributed by atoms with Crippen molar-refractivity contribution in [2.75, 3.05) is 6.61 Å². The number of nitrogens with zero attached hydrogens (tertiary/aromatic N) is 2. The second kappa shape index (κ2) is 7.36. The summed E-state index contributed by atoms with van der Waals surface area (Å²) in [6.07, 6.45) is 9.50. The van der Waals surface area contributed by atoms with E-state index in [1.54, 1.807) is 6.20 Å². The minimum absolute atomic E-state index is 0.0762. The predicted molar refractivity (Wildman–Crippen MR) is 99.6 cm³/mol. The van der Waals surface area contributed by atoms with E-state index in [1.165, 1.54) is 19.3 Å². The van der Waals surface area contributed by atoms with Crippen LogP contribution in [0.1, 0.15) is 43.6 Å². The first-order valence-electron chi connectivity index (χ1n) is 9.17. The van der Waals surface area contributed by atoms with Crippen molar-refractivity contribution >= 4 is 19.1 Å². The molecule has 5 heteroatoms. The topological polar surface area (TPSA) is 27.1 Å². The van der Waals surface area contributed by atoms with Gasteiger partial charge < -0.3 is 9.30 Å². The highest BCUT2D eigenvalue weighted by Crippen LogP contribution is 2.35. The Morgan fingerprint density at radius 3 is 2.71 bits per heavy atom. The number of hydrogen-bond acceptors (Lipinski definition) is 2. The highest BCUT2D eigenvalue weighted by atomic mass is 28.3. The molecule has 2 heterocycles. The number of fused-ring (bicyclic) bond motifs is 1. The Bertz CT molecular complexity index is 686. The van der Waals surface area contributed by atoms with Crippen LogP contribution < -0.4 is 0 Å². The second-order valence-electron chi connectivity index (χ2n) is 8.23. The smallest absolute Gasteiger partial charge is 0.144 e. The molecule has 0 N–H and O–H groups in total. The van der Waals surface area contributed by atoms with Crippen LogP contribution in [0.25, 0.3) is 11.0 Å².